The Bertz CT molecular complexity index is 799. The third-order valence-corrected chi connectivity index (χ3v) is 4.52. The number of hydrogen-bond acceptors (Lipinski definition) is 2. The van der Waals surface area contributed by atoms with Crippen molar-refractivity contribution in [2.75, 3.05) is 0 Å². The summed E-state index contributed by atoms with van der Waals surface area (Å²) in [5, 5.41) is 0. The third kappa shape index (κ3) is 3.74. The highest BCUT2D eigenvalue weighted by molar-refractivity contribution is 5.81. The van der Waals surface area contributed by atoms with Crippen LogP contribution in [0.5, 0.6) is 0 Å². The maximum Gasteiger partial charge on any atom is 0.0819 e. The van der Waals surface area contributed by atoms with Gasteiger partial charge in [-0.2, -0.15) is 0 Å². The van der Waals surface area contributed by atoms with Gasteiger partial charge in [0, 0.05) is 18.3 Å². The minimum Gasteiger partial charge on any atom is -0.286 e. The monoisotopic (exact) mass is 324 g/mol. The van der Waals surface area contributed by atoms with Crippen molar-refractivity contribution in [1.82, 2.24) is 0 Å². The minimum atomic E-state index is 0.211. The zero-order valence-corrected chi connectivity index (χ0v) is 13.9. The van der Waals surface area contributed by atoms with Gasteiger partial charge in [-0.3, -0.25) is 9.98 Å². The van der Waals surface area contributed by atoms with E-state index in [1.165, 1.54) is 5.56 Å². The molecular weight excluding hydrogens is 304 g/mol. The molecule has 0 spiro atoms. The zero-order chi connectivity index (χ0) is 16.9. The molecule has 0 aromatic heterocycles. The molecule has 0 N–H and O–H groups in total. The molecule has 1 fully saturated rings. The highest BCUT2D eigenvalue weighted by Gasteiger charge is 2.51. The lowest BCUT2D eigenvalue weighted by Crippen LogP contribution is -1.90. The average Bonchev–Trinajstić information content (AvgIpc) is 3.40. The normalized spacial score (nSPS) is 22.5. The topological polar surface area (TPSA) is 24.7 Å². The molecule has 0 aliphatic heterocycles. The fourth-order valence-electron chi connectivity index (χ4n) is 3.13. The summed E-state index contributed by atoms with van der Waals surface area (Å²) < 4.78 is 0. The van der Waals surface area contributed by atoms with E-state index in [4.69, 9.17) is 9.98 Å². The first-order valence-corrected chi connectivity index (χ1v) is 8.63. The summed E-state index contributed by atoms with van der Waals surface area (Å²) in [4.78, 5) is 9.64. The van der Waals surface area contributed by atoms with Crippen molar-refractivity contribution < 1.29 is 0 Å². The highest BCUT2D eigenvalue weighted by atomic mass is 15.0. The molecule has 2 heteroatoms. The van der Waals surface area contributed by atoms with Crippen molar-refractivity contribution in [1.29, 1.82) is 0 Å². The Morgan fingerprint density at radius 3 is 1.36 bits per heavy atom. The summed E-state index contributed by atoms with van der Waals surface area (Å²) in [6.07, 6.45) is 3.94. The van der Waals surface area contributed by atoms with Crippen LogP contribution in [0, 0.1) is 0 Å². The SMILES string of the molecule is C(=N[C@H]1C(c2ccccc2)[C@@H]1N=Cc1ccccc1)c1ccccc1. The lowest BCUT2D eigenvalue weighted by atomic mass is 10.1. The molecular formula is C23H20N2. The highest BCUT2D eigenvalue weighted by Crippen LogP contribution is 2.46. The van der Waals surface area contributed by atoms with E-state index in [1.54, 1.807) is 0 Å². The van der Waals surface area contributed by atoms with Crippen LogP contribution in [0.4, 0.5) is 0 Å². The predicted octanol–water partition coefficient (Wildman–Crippen LogP) is 4.76. The van der Waals surface area contributed by atoms with Gasteiger partial charge in [-0.1, -0.05) is 91.0 Å². The van der Waals surface area contributed by atoms with Gasteiger partial charge in [0.1, 0.15) is 0 Å². The Morgan fingerprint density at radius 1 is 0.520 bits per heavy atom. The van der Waals surface area contributed by atoms with E-state index in [0.717, 1.165) is 11.1 Å². The first-order chi connectivity index (χ1) is 12.4. The molecule has 3 aromatic rings. The molecule has 25 heavy (non-hydrogen) atoms. The fourth-order valence-corrected chi connectivity index (χ4v) is 3.13. The number of nitrogens with zero attached hydrogens (tertiary/aromatic N) is 2. The molecule has 1 aliphatic rings. The predicted molar refractivity (Wildman–Crippen MR) is 105 cm³/mol. The number of aliphatic imine (C=N–C) groups is 2. The van der Waals surface area contributed by atoms with Crippen molar-refractivity contribution in [3.8, 4) is 0 Å². The molecule has 0 saturated heterocycles. The van der Waals surface area contributed by atoms with Gasteiger partial charge in [0.25, 0.3) is 0 Å². The molecule has 3 aromatic carbocycles. The van der Waals surface area contributed by atoms with Gasteiger partial charge in [-0.15, -0.1) is 0 Å². The Labute approximate surface area is 148 Å². The second-order valence-electron chi connectivity index (χ2n) is 6.30. The Kier molecular flexibility index (Phi) is 4.51. The molecule has 1 aliphatic carbocycles. The van der Waals surface area contributed by atoms with Crippen molar-refractivity contribution in [3.63, 3.8) is 0 Å². The number of rotatable bonds is 5. The Balaban J connectivity index is 1.55. The molecule has 0 amide bonds. The Hall–Kier alpha value is -3.00. The quantitative estimate of drug-likeness (QED) is 0.605. The van der Waals surface area contributed by atoms with E-state index in [-0.39, 0.29) is 12.1 Å². The van der Waals surface area contributed by atoms with E-state index in [9.17, 15) is 0 Å². The van der Waals surface area contributed by atoms with Gasteiger partial charge >= 0.3 is 0 Å². The number of hydrogen-bond donors (Lipinski definition) is 0. The van der Waals surface area contributed by atoms with Gasteiger partial charge in [0.2, 0.25) is 0 Å². The van der Waals surface area contributed by atoms with Crippen LogP contribution in [-0.2, 0) is 0 Å². The van der Waals surface area contributed by atoms with Crippen LogP contribution in [-0.4, -0.2) is 24.5 Å². The van der Waals surface area contributed by atoms with Crippen molar-refractivity contribution >= 4 is 12.4 Å². The van der Waals surface area contributed by atoms with E-state index in [1.807, 2.05) is 48.8 Å². The molecule has 2 atom stereocenters. The Morgan fingerprint density at radius 2 is 0.920 bits per heavy atom. The van der Waals surface area contributed by atoms with Crippen molar-refractivity contribution in [2.45, 2.75) is 18.0 Å². The third-order valence-electron chi connectivity index (χ3n) is 4.52. The van der Waals surface area contributed by atoms with E-state index in [2.05, 4.69) is 54.6 Å². The summed E-state index contributed by atoms with van der Waals surface area (Å²) >= 11 is 0. The van der Waals surface area contributed by atoms with Crippen LogP contribution < -0.4 is 0 Å². The maximum atomic E-state index is 4.82. The zero-order valence-electron chi connectivity index (χ0n) is 13.9. The van der Waals surface area contributed by atoms with E-state index in [0.29, 0.717) is 5.92 Å². The molecule has 0 bridgehead atoms. The summed E-state index contributed by atoms with van der Waals surface area (Å²) in [6.45, 7) is 0. The molecule has 0 heterocycles. The first kappa shape index (κ1) is 15.5. The van der Waals surface area contributed by atoms with Crippen LogP contribution in [0.15, 0.2) is 101 Å². The summed E-state index contributed by atoms with van der Waals surface area (Å²) in [5.41, 5.74) is 3.58. The largest absolute Gasteiger partial charge is 0.286 e. The standard InChI is InChI=1S/C23H20N2/c1-4-10-18(11-5-1)16-24-22-21(20-14-8-3-9-15-20)23(22)25-17-19-12-6-2-7-13-19/h1-17,21-23H/t21?,22-,23-/m0/s1. The molecule has 1 saturated carbocycles. The summed E-state index contributed by atoms with van der Waals surface area (Å²) in [7, 11) is 0. The second-order valence-corrected chi connectivity index (χ2v) is 6.30. The summed E-state index contributed by atoms with van der Waals surface area (Å²) in [5.74, 6) is 0.362. The fraction of sp³-hybridized carbons (Fsp3) is 0.130. The van der Waals surface area contributed by atoms with Gasteiger partial charge < -0.3 is 0 Å². The van der Waals surface area contributed by atoms with Crippen LogP contribution in [0.2, 0.25) is 0 Å². The van der Waals surface area contributed by atoms with Gasteiger partial charge in [-0.25, -0.2) is 0 Å². The van der Waals surface area contributed by atoms with Crippen molar-refractivity contribution in [3.05, 3.63) is 108 Å². The smallest absolute Gasteiger partial charge is 0.0819 e. The van der Waals surface area contributed by atoms with E-state index >= 15 is 0 Å². The lowest BCUT2D eigenvalue weighted by molar-refractivity contribution is 0.971. The van der Waals surface area contributed by atoms with E-state index < -0.39 is 0 Å². The van der Waals surface area contributed by atoms with Gasteiger partial charge in [0.15, 0.2) is 0 Å². The van der Waals surface area contributed by atoms with Crippen LogP contribution >= 0.6 is 0 Å². The number of benzene rings is 3. The van der Waals surface area contributed by atoms with Crippen LogP contribution in [0.25, 0.3) is 0 Å². The van der Waals surface area contributed by atoms with Crippen LogP contribution in [0.3, 0.4) is 0 Å². The molecule has 0 unspecified atom stereocenters. The first-order valence-electron chi connectivity index (χ1n) is 8.63. The average molecular weight is 324 g/mol. The van der Waals surface area contributed by atoms with Crippen molar-refractivity contribution in [2.24, 2.45) is 9.98 Å². The maximum absolute atomic E-state index is 4.82. The molecule has 0 radical (unpaired) electrons. The molecule has 122 valence electrons. The lowest BCUT2D eigenvalue weighted by Gasteiger charge is -1.96. The molecule has 4 rings (SSSR count). The minimum absolute atomic E-state index is 0.211. The second kappa shape index (κ2) is 7.27. The molecule has 2 nitrogen and oxygen atoms in total. The van der Waals surface area contributed by atoms with Gasteiger partial charge in [0.05, 0.1) is 12.1 Å². The van der Waals surface area contributed by atoms with Gasteiger partial charge in [-0.05, 0) is 16.7 Å². The summed E-state index contributed by atoms with van der Waals surface area (Å²) in [6, 6.07) is 31.5. The van der Waals surface area contributed by atoms with Crippen LogP contribution in [0.1, 0.15) is 22.6 Å².